The number of anilines is 2. The Morgan fingerprint density at radius 3 is 2.60 bits per heavy atom. The maximum Gasteiger partial charge on any atom is 0.355 e. The van der Waals surface area contributed by atoms with Crippen molar-refractivity contribution >= 4 is 23.2 Å². The molecule has 1 amide bonds. The molecule has 0 saturated heterocycles. The van der Waals surface area contributed by atoms with E-state index in [2.05, 4.69) is 20.8 Å². The number of hydrazine groups is 1. The number of amides is 1. The molecule has 10 heteroatoms. The summed E-state index contributed by atoms with van der Waals surface area (Å²) in [6.07, 6.45) is 1.91. The van der Waals surface area contributed by atoms with E-state index in [1.165, 1.54) is 30.1 Å². The molecule has 152 valence electrons. The lowest BCUT2D eigenvalue weighted by Gasteiger charge is -2.29. The molecule has 2 aromatic carbocycles. The van der Waals surface area contributed by atoms with Crippen LogP contribution in [0.1, 0.15) is 21.5 Å². The molecule has 0 spiro atoms. The van der Waals surface area contributed by atoms with Gasteiger partial charge in [-0.15, -0.1) is 0 Å². The van der Waals surface area contributed by atoms with Gasteiger partial charge in [0.1, 0.15) is 12.1 Å². The number of hydrogen-bond donors (Lipinski definition) is 2. The fourth-order valence-corrected chi connectivity index (χ4v) is 3.37. The number of benzene rings is 2. The van der Waals surface area contributed by atoms with Crippen molar-refractivity contribution in [3.63, 3.8) is 0 Å². The number of rotatable bonds is 5. The minimum absolute atomic E-state index is 0.146. The van der Waals surface area contributed by atoms with E-state index >= 15 is 0 Å². The van der Waals surface area contributed by atoms with E-state index in [9.17, 15) is 19.3 Å². The first kappa shape index (κ1) is 19.2. The Hall–Kier alpha value is -4.08. The number of carbonyl (C=O) groups excluding carboxylic acids is 1. The summed E-state index contributed by atoms with van der Waals surface area (Å²) < 4.78 is 13.8. The molecule has 0 atom stereocenters. The molecule has 9 nitrogen and oxygen atoms in total. The van der Waals surface area contributed by atoms with Crippen LogP contribution in [0.25, 0.3) is 0 Å². The number of carbonyl (C=O) groups is 1. The van der Waals surface area contributed by atoms with Crippen molar-refractivity contribution in [1.29, 1.82) is 0 Å². The van der Waals surface area contributed by atoms with Gasteiger partial charge in [0.2, 0.25) is 11.6 Å². The van der Waals surface area contributed by atoms with E-state index in [0.29, 0.717) is 13.1 Å². The monoisotopic (exact) mass is 408 g/mol. The third-order valence-electron chi connectivity index (χ3n) is 4.83. The highest BCUT2D eigenvalue weighted by molar-refractivity contribution is 5.95. The quantitative estimate of drug-likeness (QED) is 0.493. The zero-order valence-electron chi connectivity index (χ0n) is 15.7. The minimum atomic E-state index is -0.783. The number of halogens is 1. The minimum Gasteiger partial charge on any atom is -0.346 e. The number of fused-ring (bicyclic) bond motifs is 1. The Morgan fingerprint density at radius 2 is 1.83 bits per heavy atom. The van der Waals surface area contributed by atoms with Crippen molar-refractivity contribution in [3.8, 4) is 0 Å². The van der Waals surface area contributed by atoms with Gasteiger partial charge in [-0.2, -0.15) is 0 Å². The lowest BCUT2D eigenvalue weighted by atomic mass is 10.00. The molecule has 30 heavy (non-hydrogen) atoms. The molecule has 4 rings (SSSR count). The van der Waals surface area contributed by atoms with Crippen LogP contribution in [0, 0.1) is 15.9 Å². The van der Waals surface area contributed by atoms with E-state index in [1.807, 2.05) is 24.3 Å². The van der Waals surface area contributed by atoms with Gasteiger partial charge in [-0.05, 0) is 29.7 Å². The third-order valence-corrected chi connectivity index (χ3v) is 4.83. The van der Waals surface area contributed by atoms with Crippen LogP contribution in [0.15, 0.2) is 54.9 Å². The molecule has 3 aromatic rings. The average molecular weight is 408 g/mol. The Kier molecular flexibility index (Phi) is 5.21. The first-order valence-electron chi connectivity index (χ1n) is 9.16. The molecule has 1 aliphatic heterocycles. The fraction of sp³-hybridized carbons (Fsp3) is 0.150. The summed E-state index contributed by atoms with van der Waals surface area (Å²) in [5, 5.41) is 11.8. The van der Waals surface area contributed by atoms with Gasteiger partial charge in [-0.1, -0.05) is 36.4 Å². The Morgan fingerprint density at radius 1 is 1.10 bits per heavy atom. The van der Waals surface area contributed by atoms with Crippen LogP contribution in [0.4, 0.5) is 21.7 Å². The van der Waals surface area contributed by atoms with Crippen molar-refractivity contribution in [2.75, 3.05) is 16.9 Å². The molecule has 0 aliphatic carbocycles. The van der Waals surface area contributed by atoms with Gasteiger partial charge in [-0.3, -0.25) is 25.8 Å². The SMILES string of the molecule is O=C(NNc1ncnc(N2CCc3ccccc3C2)c1[N+](=O)[O-])c1ccccc1F. The lowest BCUT2D eigenvalue weighted by Crippen LogP contribution is -2.33. The summed E-state index contributed by atoms with van der Waals surface area (Å²) >= 11 is 0. The molecule has 0 bridgehead atoms. The van der Waals surface area contributed by atoms with Gasteiger partial charge in [0.15, 0.2) is 0 Å². The number of aromatic nitrogens is 2. The molecule has 1 aromatic heterocycles. The Labute approximate surface area is 170 Å². The van der Waals surface area contributed by atoms with Gasteiger partial charge >= 0.3 is 5.69 Å². The lowest BCUT2D eigenvalue weighted by molar-refractivity contribution is -0.383. The summed E-state index contributed by atoms with van der Waals surface area (Å²) in [7, 11) is 0. The van der Waals surface area contributed by atoms with Crippen LogP contribution in [0.5, 0.6) is 0 Å². The van der Waals surface area contributed by atoms with Crippen molar-refractivity contribution in [2.24, 2.45) is 0 Å². The maximum atomic E-state index is 13.8. The van der Waals surface area contributed by atoms with E-state index in [1.54, 1.807) is 4.90 Å². The second-order valence-corrected chi connectivity index (χ2v) is 6.65. The Balaban J connectivity index is 1.59. The second kappa shape index (κ2) is 8.11. The first-order chi connectivity index (χ1) is 14.5. The highest BCUT2D eigenvalue weighted by Crippen LogP contribution is 2.34. The highest BCUT2D eigenvalue weighted by Gasteiger charge is 2.29. The standard InChI is InChI=1S/C20H17FN6O3/c21-16-8-4-3-7-15(16)20(28)25-24-18-17(27(29)30)19(23-12-22-18)26-10-9-13-5-1-2-6-14(13)11-26/h1-8,12H,9-11H2,(H,25,28)(H,22,23,24). The van der Waals surface area contributed by atoms with Crippen LogP contribution >= 0.6 is 0 Å². The van der Waals surface area contributed by atoms with E-state index in [-0.39, 0.29) is 22.9 Å². The summed E-state index contributed by atoms with van der Waals surface area (Å²) in [6, 6.07) is 13.3. The molecule has 1 aliphatic rings. The van der Waals surface area contributed by atoms with Gasteiger partial charge < -0.3 is 4.90 Å². The fourth-order valence-electron chi connectivity index (χ4n) is 3.37. The van der Waals surface area contributed by atoms with E-state index in [0.717, 1.165) is 18.1 Å². The summed E-state index contributed by atoms with van der Waals surface area (Å²) in [6.45, 7) is 1.02. The smallest absolute Gasteiger partial charge is 0.346 e. The van der Waals surface area contributed by atoms with Crippen molar-refractivity contribution < 1.29 is 14.1 Å². The van der Waals surface area contributed by atoms with Crippen LogP contribution < -0.4 is 15.8 Å². The predicted octanol–water partition coefficient (Wildman–Crippen LogP) is 2.84. The molecule has 2 N–H and O–H groups in total. The molecular weight excluding hydrogens is 391 g/mol. The van der Waals surface area contributed by atoms with Gasteiger partial charge in [0, 0.05) is 13.1 Å². The van der Waals surface area contributed by atoms with Crippen LogP contribution in [-0.4, -0.2) is 27.3 Å². The molecule has 2 heterocycles. The largest absolute Gasteiger partial charge is 0.355 e. The maximum absolute atomic E-state index is 13.8. The normalized spacial score (nSPS) is 12.8. The van der Waals surface area contributed by atoms with Gasteiger partial charge in [0.25, 0.3) is 5.91 Å². The van der Waals surface area contributed by atoms with E-state index < -0.39 is 16.6 Å². The Bertz CT molecular complexity index is 1120. The predicted molar refractivity (Wildman–Crippen MR) is 107 cm³/mol. The van der Waals surface area contributed by atoms with Crippen molar-refractivity contribution in [1.82, 2.24) is 15.4 Å². The molecular formula is C20H17FN6O3. The van der Waals surface area contributed by atoms with Crippen LogP contribution in [-0.2, 0) is 13.0 Å². The molecule has 0 radical (unpaired) electrons. The topological polar surface area (TPSA) is 113 Å². The van der Waals surface area contributed by atoms with Gasteiger partial charge in [0.05, 0.1) is 10.5 Å². The summed E-state index contributed by atoms with van der Waals surface area (Å²) in [4.78, 5) is 33.2. The first-order valence-corrected chi connectivity index (χ1v) is 9.16. The number of nitrogens with zero attached hydrogens (tertiary/aromatic N) is 4. The van der Waals surface area contributed by atoms with Crippen molar-refractivity contribution in [3.05, 3.63) is 87.5 Å². The number of hydrogen-bond acceptors (Lipinski definition) is 7. The zero-order chi connectivity index (χ0) is 21.1. The summed E-state index contributed by atoms with van der Waals surface area (Å²) in [5.41, 5.74) is 6.38. The zero-order valence-corrected chi connectivity index (χ0v) is 15.7. The highest BCUT2D eigenvalue weighted by atomic mass is 19.1. The average Bonchev–Trinajstić information content (AvgIpc) is 2.77. The number of nitro groups is 1. The van der Waals surface area contributed by atoms with Crippen LogP contribution in [0.2, 0.25) is 0 Å². The van der Waals surface area contributed by atoms with E-state index in [4.69, 9.17) is 0 Å². The second-order valence-electron chi connectivity index (χ2n) is 6.65. The molecule has 0 fully saturated rings. The third kappa shape index (κ3) is 3.75. The summed E-state index contributed by atoms with van der Waals surface area (Å²) in [5.74, 6) is -1.53. The molecule has 0 saturated carbocycles. The molecule has 0 unspecified atom stereocenters. The van der Waals surface area contributed by atoms with Crippen molar-refractivity contribution in [2.45, 2.75) is 13.0 Å². The van der Waals surface area contributed by atoms with Crippen LogP contribution in [0.3, 0.4) is 0 Å². The number of nitrogens with one attached hydrogen (secondary N) is 2. The van der Waals surface area contributed by atoms with Gasteiger partial charge in [-0.25, -0.2) is 14.4 Å².